The Kier molecular flexibility index (Phi) is 4.52. The Morgan fingerprint density at radius 2 is 2.22 bits per heavy atom. The van der Waals surface area contributed by atoms with E-state index in [4.69, 9.17) is 17.3 Å². The number of nitrogens with two attached hydrogens (primary N) is 1. The Hall–Kier alpha value is -1.17. The summed E-state index contributed by atoms with van der Waals surface area (Å²) in [6, 6.07) is 5.42. The molecular formula is C12H17ClN4O. The topological polar surface area (TPSA) is 71.2 Å². The minimum atomic E-state index is -0.0692. The zero-order valence-corrected chi connectivity index (χ0v) is 10.9. The van der Waals surface area contributed by atoms with Gasteiger partial charge >= 0.3 is 0 Å². The molecule has 18 heavy (non-hydrogen) atoms. The average Bonchev–Trinajstić information content (AvgIpc) is 2.32. The second-order valence-corrected chi connectivity index (χ2v) is 4.89. The molecule has 1 fully saturated rings. The minimum absolute atomic E-state index is 0.0692. The van der Waals surface area contributed by atoms with E-state index >= 15 is 0 Å². The summed E-state index contributed by atoms with van der Waals surface area (Å²) in [5.41, 5.74) is 5.82. The number of hydrogen-bond acceptors (Lipinski definition) is 4. The Labute approximate surface area is 111 Å². The fourth-order valence-electron chi connectivity index (χ4n) is 1.97. The fourth-order valence-corrected chi connectivity index (χ4v) is 2.14. The number of anilines is 1. The number of piperidine rings is 1. The lowest BCUT2D eigenvalue weighted by molar-refractivity contribution is -0.117. The largest absolute Gasteiger partial charge is 0.328 e. The summed E-state index contributed by atoms with van der Waals surface area (Å²) in [4.78, 5) is 17.9. The number of nitrogens with zero attached hydrogens (tertiary/aromatic N) is 2. The van der Waals surface area contributed by atoms with Crippen molar-refractivity contribution in [1.82, 2.24) is 9.88 Å². The third-order valence-corrected chi connectivity index (χ3v) is 3.19. The number of carbonyl (C=O) groups excluding carboxylic acids is 1. The van der Waals surface area contributed by atoms with Crippen molar-refractivity contribution in [3.05, 3.63) is 23.4 Å². The molecule has 0 spiro atoms. The molecule has 3 N–H and O–H groups in total. The molecule has 0 aromatic carbocycles. The number of halogens is 1. The van der Waals surface area contributed by atoms with Gasteiger partial charge in [-0.3, -0.25) is 9.69 Å². The molecule has 0 radical (unpaired) electrons. The Balaban J connectivity index is 1.82. The molecule has 1 aromatic heterocycles. The van der Waals surface area contributed by atoms with Crippen LogP contribution in [0.2, 0.25) is 5.15 Å². The average molecular weight is 269 g/mol. The Morgan fingerprint density at radius 3 is 2.89 bits per heavy atom. The number of amides is 1. The molecule has 1 amide bonds. The summed E-state index contributed by atoms with van der Waals surface area (Å²) in [6.07, 6.45) is 1.89. The molecule has 1 aliphatic rings. The normalized spacial score (nSPS) is 17.7. The Bertz CT molecular complexity index is 418. The van der Waals surface area contributed by atoms with Crippen LogP contribution in [-0.2, 0) is 4.79 Å². The van der Waals surface area contributed by atoms with Crippen LogP contribution in [0.5, 0.6) is 0 Å². The van der Waals surface area contributed by atoms with Crippen molar-refractivity contribution in [2.75, 3.05) is 25.0 Å². The van der Waals surface area contributed by atoms with Crippen LogP contribution in [0.15, 0.2) is 18.2 Å². The van der Waals surface area contributed by atoms with E-state index < -0.39 is 0 Å². The van der Waals surface area contributed by atoms with Gasteiger partial charge in [-0.15, -0.1) is 0 Å². The molecule has 0 saturated carbocycles. The number of pyridine rings is 1. The molecule has 0 aliphatic carbocycles. The fraction of sp³-hybridized carbons (Fsp3) is 0.500. The monoisotopic (exact) mass is 268 g/mol. The van der Waals surface area contributed by atoms with Crippen LogP contribution >= 0.6 is 11.6 Å². The first-order chi connectivity index (χ1) is 8.63. The molecule has 5 nitrogen and oxygen atoms in total. The Morgan fingerprint density at radius 1 is 1.50 bits per heavy atom. The smallest absolute Gasteiger partial charge is 0.239 e. The summed E-state index contributed by atoms with van der Waals surface area (Å²) >= 11 is 5.75. The van der Waals surface area contributed by atoms with E-state index in [2.05, 4.69) is 15.2 Å². The van der Waals surface area contributed by atoms with Gasteiger partial charge in [0.05, 0.1) is 6.54 Å². The predicted molar refractivity (Wildman–Crippen MR) is 71.5 cm³/mol. The number of nitrogens with one attached hydrogen (secondary N) is 1. The van der Waals surface area contributed by atoms with E-state index in [1.54, 1.807) is 18.2 Å². The quantitative estimate of drug-likeness (QED) is 0.806. The van der Waals surface area contributed by atoms with Gasteiger partial charge in [0, 0.05) is 19.1 Å². The van der Waals surface area contributed by atoms with Crippen LogP contribution in [0, 0.1) is 0 Å². The zero-order valence-electron chi connectivity index (χ0n) is 10.1. The third kappa shape index (κ3) is 3.94. The number of likely N-dealkylation sites (tertiary alicyclic amines) is 1. The second kappa shape index (κ2) is 6.13. The highest BCUT2D eigenvalue weighted by Gasteiger charge is 2.18. The maximum Gasteiger partial charge on any atom is 0.239 e. The highest BCUT2D eigenvalue weighted by atomic mass is 35.5. The summed E-state index contributed by atoms with van der Waals surface area (Å²) in [6.45, 7) is 2.12. The molecule has 1 saturated heterocycles. The number of rotatable bonds is 3. The highest BCUT2D eigenvalue weighted by molar-refractivity contribution is 6.29. The molecule has 1 aliphatic heterocycles. The van der Waals surface area contributed by atoms with Crippen molar-refractivity contribution in [2.24, 2.45) is 5.73 Å². The molecule has 1 aromatic rings. The van der Waals surface area contributed by atoms with Gasteiger partial charge in [-0.05, 0) is 25.0 Å². The van der Waals surface area contributed by atoms with Gasteiger partial charge in [-0.1, -0.05) is 17.7 Å². The third-order valence-electron chi connectivity index (χ3n) is 2.98. The summed E-state index contributed by atoms with van der Waals surface area (Å²) < 4.78 is 0. The summed E-state index contributed by atoms with van der Waals surface area (Å²) in [5, 5.41) is 3.11. The molecular weight excluding hydrogens is 252 g/mol. The van der Waals surface area contributed by atoms with Crippen LogP contribution in [-0.4, -0.2) is 41.5 Å². The van der Waals surface area contributed by atoms with Gasteiger partial charge in [0.1, 0.15) is 11.0 Å². The van der Waals surface area contributed by atoms with Crippen molar-refractivity contribution in [3.8, 4) is 0 Å². The maximum atomic E-state index is 11.8. The summed E-state index contributed by atoms with van der Waals surface area (Å²) in [5.74, 6) is 0.418. The van der Waals surface area contributed by atoms with Gasteiger partial charge < -0.3 is 11.1 Å². The van der Waals surface area contributed by atoms with Crippen molar-refractivity contribution >= 4 is 23.3 Å². The van der Waals surface area contributed by atoms with Gasteiger partial charge in [0.25, 0.3) is 0 Å². The van der Waals surface area contributed by atoms with Gasteiger partial charge in [-0.2, -0.15) is 0 Å². The number of hydrogen-bond donors (Lipinski definition) is 2. The van der Waals surface area contributed by atoms with Crippen LogP contribution < -0.4 is 11.1 Å². The first-order valence-electron chi connectivity index (χ1n) is 6.04. The van der Waals surface area contributed by atoms with E-state index in [1.807, 2.05) is 0 Å². The van der Waals surface area contributed by atoms with E-state index in [-0.39, 0.29) is 11.9 Å². The minimum Gasteiger partial charge on any atom is -0.328 e. The van der Waals surface area contributed by atoms with Crippen molar-refractivity contribution in [2.45, 2.75) is 18.9 Å². The van der Waals surface area contributed by atoms with Crippen LogP contribution in [0.3, 0.4) is 0 Å². The molecule has 0 bridgehead atoms. The van der Waals surface area contributed by atoms with Crippen molar-refractivity contribution in [1.29, 1.82) is 0 Å². The molecule has 0 unspecified atom stereocenters. The molecule has 98 valence electrons. The van der Waals surface area contributed by atoms with E-state index in [0.29, 0.717) is 17.5 Å². The van der Waals surface area contributed by atoms with Crippen molar-refractivity contribution in [3.63, 3.8) is 0 Å². The SMILES string of the molecule is NC1CCN(CC(=O)Nc2cccc(Cl)n2)CC1. The van der Waals surface area contributed by atoms with E-state index in [9.17, 15) is 4.79 Å². The number of aromatic nitrogens is 1. The van der Waals surface area contributed by atoms with Crippen LogP contribution in [0.1, 0.15) is 12.8 Å². The highest BCUT2D eigenvalue weighted by Crippen LogP contribution is 2.10. The standard InChI is InChI=1S/C12H17ClN4O/c13-10-2-1-3-11(15-10)16-12(18)8-17-6-4-9(14)5-7-17/h1-3,9H,4-8,14H2,(H,15,16,18). The lowest BCUT2D eigenvalue weighted by atomic mass is 10.1. The van der Waals surface area contributed by atoms with Gasteiger partial charge in [0.15, 0.2) is 0 Å². The van der Waals surface area contributed by atoms with Crippen LogP contribution in [0.25, 0.3) is 0 Å². The molecule has 2 rings (SSSR count). The maximum absolute atomic E-state index is 11.8. The van der Waals surface area contributed by atoms with E-state index in [1.165, 1.54) is 0 Å². The molecule has 0 atom stereocenters. The predicted octanol–water partition coefficient (Wildman–Crippen LogP) is 1.10. The zero-order chi connectivity index (χ0) is 13.0. The number of carbonyl (C=O) groups is 1. The lowest BCUT2D eigenvalue weighted by Gasteiger charge is -2.29. The van der Waals surface area contributed by atoms with E-state index in [0.717, 1.165) is 25.9 Å². The lowest BCUT2D eigenvalue weighted by Crippen LogP contribution is -2.43. The molecule has 2 heterocycles. The molecule has 6 heteroatoms. The second-order valence-electron chi connectivity index (χ2n) is 4.51. The first kappa shape index (κ1) is 13.3. The first-order valence-corrected chi connectivity index (χ1v) is 6.41. The summed E-state index contributed by atoms with van der Waals surface area (Å²) in [7, 11) is 0. The van der Waals surface area contributed by atoms with Crippen molar-refractivity contribution < 1.29 is 4.79 Å². The van der Waals surface area contributed by atoms with Gasteiger partial charge in [0.2, 0.25) is 5.91 Å². The van der Waals surface area contributed by atoms with Crippen LogP contribution in [0.4, 0.5) is 5.82 Å². The van der Waals surface area contributed by atoms with Gasteiger partial charge in [-0.25, -0.2) is 4.98 Å².